The van der Waals surface area contributed by atoms with E-state index >= 15 is 0 Å². The summed E-state index contributed by atoms with van der Waals surface area (Å²) in [4.78, 5) is 11.6. The Hall–Kier alpha value is 0.430. The summed E-state index contributed by atoms with van der Waals surface area (Å²) >= 11 is 15.5. The van der Waals surface area contributed by atoms with Gasteiger partial charge in [0.2, 0.25) is 0 Å². The molecule has 0 amide bonds. The van der Waals surface area contributed by atoms with Gasteiger partial charge in [0.1, 0.15) is 4.34 Å². The van der Waals surface area contributed by atoms with Crippen molar-refractivity contribution in [2.24, 2.45) is 0 Å². The molecule has 0 saturated heterocycles. The highest BCUT2D eigenvalue weighted by Gasteiger charge is 2.10. The summed E-state index contributed by atoms with van der Waals surface area (Å²) in [6.07, 6.45) is 0. The van der Waals surface area contributed by atoms with Crippen molar-refractivity contribution in [1.29, 1.82) is 0 Å². The van der Waals surface area contributed by atoms with Crippen LogP contribution in [0.5, 0.6) is 0 Å². The molecule has 0 unspecified atom stereocenters. The summed E-state index contributed by atoms with van der Waals surface area (Å²) in [5, 5.41) is 0. The molecule has 1 aromatic rings. The van der Waals surface area contributed by atoms with Gasteiger partial charge in [-0.2, -0.15) is 0 Å². The van der Waals surface area contributed by atoms with Crippen molar-refractivity contribution >= 4 is 56.3 Å². The van der Waals surface area contributed by atoms with Gasteiger partial charge < -0.3 is 0 Å². The van der Waals surface area contributed by atoms with Crippen LogP contribution in [0, 0.1) is 0 Å². The minimum atomic E-state index is -0.0933. The fourth-order valence-electron chi connectivity index (χ4n) is 0.550. The molecule has 1 nitrogen and oxygen atoms in total. The normalized spacial score (nSPS) is 10.1. The zero-order valence-electron chi connectivity index (χ0n) is 5.23. The zero-order chi connectivity index (χ0) is 8.43. The van der Waals surface area contributed by atoms with Gasteiger partial charge in [0.15, 0.2) is 5.78 Å². The van der Waals surface area contributed by atoms with Gasteiger partial charge in [-0.05, 0) is 22.0 Å². The van der Waals surface area contributed by atoms with Crippen LogP contribution in [0.1, 0.15) is 9.67 Å². The molecule has 0 fully saturated rings. The minimum Gasteiger partial charge on any atom is -0.292 e. The van der Waals surface area contributed by atoms with Gasteiger partial charge in [-0.15, -0.1) is 22.9 Å². The molecule has 1 rings (SSSR count). The Morgan fingerprint density at radius 2 is 2.36 bits per heavy atom. The lowest BCUT2D eigenvalue weighted by Gasteiger charge is -1.85. The van der Waals surface area contributed by atoms with Gasteiger partial charge in [0, 0.05) is 4.47 Å². The van der Waals surface area contributed by atoms with Crippen LogP contribution >= 0.6 is 50.5 Å². The monoisotopic (exact) mass is 272 g/mol. The number of rotatable bonds is 2. The molecule has 0 radical (unpaired) electrons. The largest absolute Gasteiger partial charge is 0.292 e. The van der Waals surface area contributed by atoms with E-state index < -0.39 is 0 Å². The Balaban J connectivity index is 2.97. The Kier molecular flexibility index (Phi) is 3.37. The fourth-order valence-corrected chi connectivity index (χ4v) is 2.41. The van der Waals surface area contributed by atoms with E-state index in [0.717, 1.165) is 4.47 Å². The van der Waals surface area contributed by atoms with Crippen LogP contribution in [0.25, 0.3) is 0 Å². The van der Waals surface area contributed by atoms with Crippen LogP contribution in [0.15, 0.2) is 10.5 Å². The van der Waals surface area contributed by atoms with Crippen LogP contribution in [0.3, 0.4) is 0 Å². The quantitative estimate of drug-likeness (QED) is 0.595. The number of Topliss-reactive ketones (excluding diaryl/α,β-unsaturated/α-hetero) is 1. The number of thiophene rings is 1. The smallest absolute Gasteiger partial charge is 0.187 e. The first-order chi connectivity index (χ1) is 5.15. The Morgan fingerprint density at radius 1 is 1.73 bits per heavy atom. The van der Waals surface area contributed by atoms with Crippen molar-refractivity contribution in [3.05, 3.63) is 19.8 Å². The number of halogens is 3. The zero-order valence-corrected chi connectivity index (χ0v) is 9.15. The van der Waals surface area contributed by atoms with Gasteiger partial charge in [0.05, 0.1) is 10.8 Å². The van der Waals surface area contributed by atoms with Crippen molar-refractivity contribution in [3.63, 3.8) is 0 Å². The summed E-state index contributed by atoms with van der Waals surface area (Å²) in [5.74, 6) is -0.0900. The lowest BCUT2D eigenvalue weighted by atomic mass is 10.4. The Labute approximate surface area is 86.4 Å². The van der Waals surface area contributed by atoms with E-state index in [9.17, 15) is 4.79 Å². The highest BCUT2D eigenvalue weighted by molar-refractivity contribution is 9.10. The SMILES string of the molecule is O=C(CCl)c1cc(Br)c(Cl)s1. The van der Waals surface area contributed by atoms with Crippen molar-refractivity contribution in [1.82, 2.24) is 0 Å². The summed E-state index contributed by atoms with van der Waals surface area (Å²) in [5.41, 5.74) is 0. The molecule has 0 aliphatic heterocycles. The second-order valence-electron chi connectivity index (χ2n) is 1.79. The van der Waals surface area contributed by atoms with Gasteiger partial charge in [0.25, 0.3) is 0 Å². The first-order valence-electron chi connectivity index (χ1n) is 2.69. The maximum Gasteiger partial charge on any atom is 0.187 e. The third kappa shape index (κ3) is 2.18. The molecule has 0 atom stereocenters. The number of hydrogen-bond acceptors (Lipinski definition) is 2. The molecular formula is C6H3BrCl2OS. The van der Waals surface area contributed by atoms with Crippen LogP contribution < -0.4 is 0 Å². The van der Waals surface area contributed by atoms with Crippen LogP contribution in [0.2, 0.25) is 4.34 Å². The third-order valence-corrected chi connectivity index (χ3v) is 3.80. The highest BCUT2D eigenvalue weighted by atomic mass is 79.9. The molecule has 0 saturated carbocycles. The van der Waals surface area contributed by atoms with E-state index in [4.69, 9.17) is 23.2 Å². The molecule has 0 bridgehead atoms. The molecule has 0 N–H and O–H groups in total. The van der Waals surface area contributed by atoms with Crippen molar-refractivity contribution < 1.29 is 4.79 Å². The van der Waals surface area contributed by atoms with Gasteiger partial charge in [-0.25, -0.2) is 0 Å². The third-order valence-electron chi connectivity index (χ3n) is 1.04. The highest BCUT2D eigenvalue weighted by Crippen LogP contribution is 2.32. The number of hydrogen-bond donors (Lipinski definition) is 0. The maximum atomic E-state index is 11.0. The van der Waals surface area contributed by atoms with Gasteiger partial charge in [-0.3, -0.25) is 4.79 Å². The Morgan fingerprint density at radius 3 is 2.73 bits per heavy atom. The van der Waals surface area contributed by atoms with E-state index in [-0.39, 0.29) is 11.7 Å². The molecule has 0 aliphatic carbocycles. The predicted octanol–water partition coefficient (Wildman–Crippen LogP) is 3.59. The molecule has 1 heterocycles. The number of ketones is 1. The second-order valence-corrected chi connectivity index (χ2v) is 4.56. The van der Waals surface area contributed by atoms with Crippen LogP contribution in [0.4, 0.5) is 0 Å². The van der Waals surface area contributed by atoms with Crippen molar-refractivity contribution in [2.75, 3.05) is 5.88 Å². The molecule has 0 aliphatic rings. The summed E-state index contributed by atoms with van der Waals surface area (Å²) in [7, 11) is 0. The summed E-state index contributed by atoms with van der Waals surface area (Å²) in [6, 6.07) is 1.68. The second kappa shape index (κ2) is 3.90. The first kappa shape index (κ1) is 9.52. The predicted molar refractivity (Wildman–Crippen MR) is 52.1 cm³/mol. The van der Waals surface area contributed by atoms with Crippen LogP contribution in [-0.4, -0.2) is 11.7 Å². The molecule has 0 spiro atoms. The van der Waals surface area contributed by atoms with Gasteiger partial charge >= 0.3 is 0 Å². The first-order valence-corrected chi connectivity index (χ1v) is 5.21. The van der Waals surface area contributed by atoms with Crippen molar-refractivity contribution in [2.45, 2.75) is 0 Å². The molecule has 60 valence electrons. The molecule has 11 heavy (non-hydrogen) atoms. The van der Waals surface area contributed by atoms with Gasteiger partial charge in [-0.1, -0.05) is 11.6 Å². The van der Waals surface area contributed by atoms with Crippen LogP contribution in [-0.2, 0) is 0 Å². The topological polar surface area (TPSA) is 17.1 Å². The summed E-state index contributed by atoms with van der Waals surface area (Å²) < 4.78 is 1.33. The Bertz CT molecular complexity index is 265. The lowest BCUT2D eigenvalue weighted by Crippen LogP contribution is -1.95. The molecule has 0 aromatic carbocycles. The maximum absolute atomic E-state index is 11.0. The average Bonchev–Trinajstić information content (AvgIpc) is 2.31. The van der Waals surface area contributed by atoms with E-state index in [1.807, 2.05) is 0 Å². The van der Waals surface area contributed by atoms with E-state index in [1.165, 1.54) is 11.3 Å². The molecule has 1 aromatic heterocycles. The van der Waals surface area contributed by atoms with E-state index in [1.54, 1.807) is 6.07 Å². The number of carbonyl (C=O) groups is 1. The number of alkyl halides is 1. The van der Waals surface area contributed by atoms with E-state index in [2.05, 4.69) is 15.9 Å². The number of carbonyl (C=O) groups excluding carboxylic acids is 1. The fraction of sp³-hybridized carbons (Fsp3) is 0.167. The summed E-state index contributed by atoms with van der Waals surface area (Å²) in [6.45, 7) is 0. The molecule has 5 heteroatoms. The standard InChI is InChI=1S/C6H3BrCl2OS/c7-3-1-5(4(10)2-8)11-6(3)9/h1H,2H2. The molecular weight excluding hydrogens is 271 g/mol. The van der Waals surface area contributed by atoms with Crippen molar-refractivity contribution in [3.8, 4) is 0 Å². The minimum absolute atomic E-state index is 0.00326. The van der Waals surface area contributed by atoms with E-state index in [0.29, 0.717) is 9.21 Å². The average molecular weight is 274 g/mol. The lowest BCUT2D eigenvalue weighted by molar-refractivity contribution is 0.102.